The number of aromatic nitrogens is 1. The third-order valence-corrected chi connectivity index (χ3v) is 2.57. The van der Waals surface area contributed by atoms with Crippen molar-refractivity contribution >= 4 is 5.69 Å². The molecule has 1 heterocycles. The quantitative estimate of drug-likeness (QED) is 0.890. The topological polar surface area (TPSA) is 57.9 Å². The van der Waals surface area contributed by atoms with E-state index in [9.17, 15) is 0 Å². The largest absolute Gasteiger partial charge is 0.495 e. The second kappa shape index (κ2) is 5.69. The van der Waals surface area contributed by atoms with Crippen LogP contribution in [-0.2, 0) is 6.54 Å². The second-order valence-corrected chi connectivity index (χ2v) is 3.68. The van der Waals surface area contributed by atoms with Crippen molar-refractivity contribution in [2.75, 3.05) is 12.4 Å². The van der Waals surface area contributed by atoms with Gasteiger partial charge < -0.3 is 10.1 Å². The van der Waals surface area contributed by atoms with Crippen molar-refractivity contribution in [2.24, 2.45) is 0 Å². The Morgan fingerprint density at radius 3 is 2.89 bits per heavy atom. The van der Waals surface area contributed by atoms with Crippen LogP contribution < -0.4 is 10.1 Å². The summed E-state index contributed by atoms with van der Waals surface area (Å²) in [5, 5.41) is 12.2. The molecule has 0 amide bonds. The number of hydrogen-bond donors (Lipinski definition) is 1. The van der Waals surface area contributed by atoms with E-state index in [1.54, 1.807) is 13.3 Å². The van der Waals surface area contributed by atoms with Crippen molar-refractivity contribution in [3.63, 3.8) is 0 Å². The van der Waals surface area contributed by atoms with Crippen LogP contribution in [0.15, 0.2) is 42.6 Å². The maximum atomic E-state index is 8.95. The predicted molar refractivity (Wildman–Crippen MR) is 69.3 cm³/mol. The highest BCUT2D eigenvalue weighted by Crippen LogP contribution is 2.23. The number of benzene rings is 1. The summed E-state index contributed by atoms with van der Waals surface area (Å²) in [6.07, 6.45) is 1.62. The van der Waals surface area contributed by atoms with Crippen molar-refractivity contribution in [2.45, 2.75) is 6.54 Å². The number of anilines is 1. The molecule has 1 N–H and O–H groups in total. The highest BCUT2D eigenvalue weighted by Gasteiger charge is 2.04. The Hall–Kier alpha value is -2.54. The van der Waals surface area contributed by atoms with E-state index < -0.39 is 0 Å². The molecule has 0 aliphatic heterocycles. The molecule has 1 aromatic carbocycles. The van der Waals surface area contributed by atoms with Crippen molar-refractivity contribution < 1.29 is 4.74 Å². The van der Waals surface area contributed by atoms with Crippen LogP contribution in [0.25, 0.3) is 0 Å². The number of rotatable bonds is 4. The highest BCUT2D eigenvalue weighted by molar-refractivity contribution is 5.56. The molecule has 4 nitrogen and oxygen atoms in total. The van der Waals surface area contributed by atoms with Gasteiger partial charge in [0, 0.05) is 18.3 Å². The fraction of sp³-hybridized carbons (Fsp3) is 0.143. The van der Waals surface area contributed by atoms with Crippen molar-refractivity contribution in [3.05, 3.63) is 53.9 Å². The molecular formula is C14H13N3O. The van der Waals surface area contributed by atoms with Crippen LogP contribution in [-0.4, -0.2) is 12.1 Å². The Kier molecular flexibility index (Phi) is 3.77. The molecule has 0 unspecified atom stereocenters. The number of nitriles is 1. The number of pyridine rings is 1. The molecule has 0 spiro atoms. The summed E-state index contributed by atoms with van der Waals surface area (Å²) in [6.45, 7) is 0.539. The molecular weight excluding hydrogens is 226 g/mol. The summed E-state index contributed by atoms with van der Waals surface area (Å²) < 4.78 is 5.25. The fourth-order valence-electron chi connectivity index (χ4n) is 1.66. The van der Waals surface area contributed by atoms with Crippen LogP contribution in [0.5, 0.6) is 5.75 Å². The Labute approximate surface area is 106 Å². The molecule has 90 valence electrons. The Morgan fingerprint density at radius 1 is 1.28 bits per heavy atom. The van der Waals surface area contributed by atoms with E-state index in [1.165, 1.54) is 0 Å². The molecule has 0 atom stereocenters. The van der Waals surface area contributed by atoms with E-state index in [0.29, 0.717) is 12.2 Å². The van der Waals surface area contributed by atoms with Gasteiger partial charge in [-0.1, -0.05) is 18.2 Å². The summed E-state index contributed by atoms with van der Waals surface area (Å²) in [4.78, 5) is 4.02. The number of nitrogens with one attached hydrogen (secondary N) is 1. The van der Waals surface area contributed by atoms with Crippen molar-refractivity contribution in [3.8, 4) is 11.8 Å². The van der Waals surface area contributed by atoms with Gasteiger partial charge in [-0.3, -0.25) is 0 Å². The van der Waals surface area contributed by atoms with E-state index >= 15 is 0 Å². The zero-order valence-corrected chi connectivity index (χ0v) is 10.1. The third kappa shape index (κ3) is 2.58. The number of methoxy groups -OCH3 is 1. The molecule has 1 aromatic heterocycles. The molecule has 2 rings (SSSR count). The fourth-order valence-corrected chi connectivity index (χ4v) is 1.66. The van der Waals surface area contributed by atoms with Crippen LogP contribution in [0.3, 0.4) is 0 Å². The SMILES string of the molecule is COc1ccccc1NCc1cccnc1C#N. The van der Waals surface area contributed by atoms with Gasteiger partial charge in [0.05, 0.1) is 12.8 Å². The average molecular weight is 239 g/mol. The lowest BCUT2D eigenvalue weighted by molar-refractivity contribution is 0.416. The average Bonchev–Trinajstić information content (AvgIpc) is 2.45. The Morgan fingerprint density at radius 2 is 2.11 bits per heavy atom. The van der Waals surface area contributed by atoms with Crippen LogP contribution in [0, 0.1) is 11.3 Å². The normalized spacial score (nSPS) is 9.56. The third-order valence-electron chi connectivity index (χ3n) is 2.57. The van der Waals surface area contributed by atoms with Crippen LogP contribution in [0.1, 0.15) is 11.3 Å². The molecule has 0 aliphatic rings. The summed E-state index contributed by atoms with van der Waals surface area (Å²) in [6, 6.07) is 13.4. The van der Waals surface area contributed by atoms with E-state index in [-0.39, 0.29) is 0 Å². The molecule has 4 heteroatoms. The minimum Gasteiger partial charge on any atom is -0.495 e. The zero-order valence-electron chi connectivity index (χ0n) is 10.1. The molecule has 0 saturated carbocycles. The first-order chi connectivity index (χ1) is 8.85. The van der Waals surface area contributed by atoms with Crippen molar-refractivity contribution in [1.29, 1.82) is 5.26 Å². The van der Waals surface area contributed by atoms with Gasteiger partial charge >= 0.3 is 0 Å². The van der Waals surface area contributed by atoms with E-state index in [2.05, 4.69) is 16.4 Å². The van der Waals surface area contributed by atoms with Gasteiger partial charge in [0.2, 0.25) is 0 Å². The van der Waals surface area contributed by atoms with Crippen LogP contribution in [0.2, 0.25) is 0 Å². The first kappa shape index (κ1) is 11.9. The molecule has 0 saturated heterocycles. The molecule has 0 aliphatic carbocycles. The lowest BCUT2D eigenvalue weighted by atomic mass is 10.2. The predicted octanol–water partition coefficient (Wildman–Crippen LogP) is 2.57. The summed E-state index contributed by atoms with van der Waals surface area (Å²) in [5.41, 5.74) is 2.21. The lowest BCUT2D eigenvalue weighted by Crippen LogP contribution is -2.03. The van der Waals surface area contributed by atoms with Gasteiger partial charge in [-0.2, -0.15) is 5.26 Å². The molecule has 0 radical (unpaired) electrons. The van der Waals surface area contributed by atoms with Gasteiger partial charge in [-0.15, -0.1) is 0 Å². The summed E-state index contributed by atoms with van der Waals surface area (Å²) in [5.74, 6) is 0.778. The molecule has 0 bridgehead atoms. The standard InChI is InChI=1S/C14H13N3O/c1-18-14-7-3-2-6-12(14)17-10-11-5-4-8-16-13(11)9-15/h2-8,17H,10H2,1H3. The number of ether oxygens (including phenoxy) is 1. The second-order valence-electron chi connectivity index (χ2n) is 3.68. The number of hydrogen-bond acceptors (Lipinski definition) is 4. The number of para-hydroxylation sites is 2. The van der Waals surface area contributed by atoms with Crippen LogP contribution in [0.4, 0.5) is 5.69 Å². The highest BCUT2D eigenvalue weighted by atomic mass is 16.5. The molecule has 2 aromatic rings. The molecule has 18 heavy (non-hydrogen) atoms. The summed E-state index contributed by atoms with van der Waals surface area (Å²) in [7, 11) is 1.63. The van der Waals surface area contributed by atoms with Crippen molar-refractivity contribution in [1.82, 2.24) is 4.98 Å². The van der Waals surface area contributed by atoms with Gasteiger partial charge in [-0.25, -0.2) is 4.98 Å². The minimum absolute atomic E-state index is 0.444. The van der Waals surface area contributed by atoms with E-state index in [1.807, 2.05) is 36.4 Å². The van der Waals surface area contributed by atoms with Gasteiger partial charge in [0.25, 0.3) is 0 Å². The maximum Gasteiger partial charge on any atom is 0.145 e. The van der Waals surface area contributed by atoms with Gasteiger partial charge in [0.1, 0.15) is 17.5 Å². The van der Waals surface area contributed by atoms with E-state index in [4.69, 9.17) is 10.00 Å². The summed E-state index contributed by atoms with van der Waals surface area (Å²) >= 11 is 0. The lowest BCUT2D eigenvalue weighted by Gasteiger charge is -2.11. The minimum atomic E-state index is 0.444. The zero-order chi connectivity index (χ0) is 12.8. The monoisotopic (exact) mass is 239 g/mol. The smallest absolute Gasteiger partial charge is 0.145 e. The maximum absolute atomic E-state index is 8.95. The van der Waals surface area contributed by atoms with Gasteiger partial charge in [0.15, 0.2) is 0 Å². The molecule has 0 fully saturated rings. The van der Waals surface area contributed by atoms with Gasteiger partial charge in [-0.05, 0) is 18.2 Å². The Balaban J connectivity index is 2.14. The Bertz CT molecular complexity index is 575. The number of nitrogens with zero attached hydrogens (tertiary/aromatic N) is 2. The van der Waals surface area contributed by atoms with Crippen LogP contribution >= 0.6 is 0 Å². The first-order valence-electron chi connectivity index (χ1n) is 5.56. The van der Waals surface area contributed by atoms with E-state index in [0.717, 1.165) is 17.0 Å². The first-order valence-corrected chi connectivity index (χ1v) is 5.56.